The van der Waals surface area contributed by atoms with E-state index in [9.17, 15) is 13.2 Å². The van der Waals surface area contributed by atoms with Gasteiger partial charge >= 0.3 is 0 Å². The van der Waals surface area contributed by atoms with E-state index < -0.39 is 10.0 Å². The minimum absolute atomic E-state index is 0.187. The molecule has 5 nitrogen and oxygen atoms in total. The minimum Gasteiger partial charge on any atom is -0.343 e. The van der Waals surface area contributed by atoms with Crippen LogP contribution in [0.15, 0.2) is 59.5 Å². The highest BCUT2D eigenvalue weighted by molar-refractivity contribution is 7.89. The number of amides is 1. The second-order valence-electron chi connectivity index (χ2n) is 7.96. The Balaban J connectivity index is 1.55. The molecule has 0 radical (unpaired) electrons. The molecule has 1 atom stereocenters. The van der Waals surface area contributed by atoms with Crippen molar-refractivity contribution < 1.29 is 13.2 Å². The van der Waals surface area contributed by atoms with Crippen LogP contribution in [0.3, 0.4) is 0 Å². The number of carbonyl (C=O) groups is 1. The summed E-state index contributed by atoms with van der Waals surface area (Å²) in [5.74, 6) is 0.888. The van der Waals surface area contributed by atoms with Crippen LogP contribution < -0.4 is 4.72 Å². The topological polar surface area (TPSA) is 66.5 Å². The van der Waals surface area contributed by atoms with Crippen molar-refractivity contribution in [1.82, 2.24) is 9.62 Å². The maximum atomic E-state index is 12.7. The van der Waals surface area contributed by atoms with Crippen molar-refractivity contribution in [3.8, 4) is 0 Å². The molecule has 1 aliphatic heterocycles. The third-order valence-corrected chi connectivity index (χ3v) is 7.19. The quantitative estimate of drug-likeness (QED) is 0.747. The lowest BCUT2D eigenvalue weighted by molar-refractivity contribution is -0.132. The van der Waals surface area contributed by atoms with E-state index in [0.29, 0.717) is 18.8 Å². The van der Waals surface area contributed by atoms with Gasteiger partial charge in [0.05, 0.1) is 4.90 Å². The summed E-state index contributed by atoms with van der Waals surface area (Å²) in [4.78, 5) is 14.6. The normalized spacial score (nSPS) is 16.6. The lowest BCUT2D eigenvalue weighted by atomic mass is 9.98. The number of sulfonamides is 1. The van der Waals surface area contributed by atoms with Crippen LogP contribution in [0, 0.1) is 5.92 Å². The molecule has 0 unspecified atom stereocenters. The SMILES string of the molecule is CC1CCN(C(=O)CCc2ccc(S(=O)(=O)N[C@H](C)c3ccccc3)cc2)CC1. The Labute approximate surface area is 174 Å². The number of benzene rings is 2. The van der Waals surface area contributed by atoms with Crippen LogP contribution in [0.25, 0.3) is 0 Å². The number of carbonyl (C=O) groups excluding carboxylic acids is 1. The Hall–Kier alpha value is -2.18. The van der Waals surface area contributed by atoms with Crippen molar-refractivity contribution in [2.75, 3.05) is 13.1 Å². The molecule has 6 heteroatoms. The number of nitrogens with zero attached hydrogens (tertiary/aromatic N) is 1. The largest absolute Gasteiger partial charge is 0.343 e. The molecule has 2 aromatic rings. The zero-order valence-electron chi connectivity index (χ0n) is 17.2. The Morgan fingerprint density at radius 1 is 1.07 bits per heavy atom. The van der Waals surface area contributed by atoms with Crippen molar-refractivity contribution in [3.63, 3.8) is 0 Å². The van der Waals surface area contributed by atoms with E-state index in [2.05, 4.69) is 11.6 Å². The molecule has 1 fully saturated rings. The highest BCUT2D eigenvalue weighted by Crippen LogP contribution is 2.19. The highest BCUT2D eigenvalue weighted by atomic mass is 32.2. The molecule has 0 bridgehead atoms. The van der Waals surface area contributed by atoms with Gasteiger partial charge in [0.2, 0.25) is 15.9 Å². The minimum atomic E-state index is -3.60. The molecular formula is C23H30N2O3S. The van der Waals surface area contributed by atoms with Gasteiger partial charge in [-0.2, -0.15) is 0 Å². The van der Waals surface area contributed by atoms with E-state index in [4.69, 9.17) is 0 Å². The fraction of sp³-hybridized carbons (Fsp3) is 0.435. The van der Waals surface area contributed by atoms with Crippen molar-refractivity contribution in [1.29, 1.82) is 0 Å². The smallest absolute Gasteiger partial charge is 0.241 e. The van der Waals surface area contributed by atoms with Gasteiger partial charge in [-0.25, -0.2) is 13.1 Å². The lowest BCUT2D eigenvalue weighted by Gasteiger charge is -2.30. The van der Waals surface area contributed by atoms with E-state index in [1.807, 2.05) is 42.2 Å². The van der Waals surface area contributed by atoms with Gasteiger partial charge in [0.15, 0.2) is 0 Å². The second kappa shape index (κ2) is 9.55. The average molecular weight is 415 g/mol. The van der Waals surface area contributed by atoms with Crippen molar-refractivity contribution in [3.05, 3.63) is 65.7 Å². The number of aryl methyl sites for hydroxylation is 1. The average Bonchev–Trinajstić information content (AvgIpc) is 2.73. The number of piperidine rings is 1. The van der Waals surface area contributed by atoms with Crippen molar-refractivity contribution in [2.24, 2.45) is 5.92 Å². The molecule has 1 aliphatic rings. The molecule has 156 valence electrons. The molecule has 0 saturated carbocycles. The van der Waals surface area contributed by atoms with Crippen LogP contribution in [-0.2, 0) is 21.2 Å². The standard InChI is InChI=1S/C23H30N2O3S/c1-18-14-16-25(17-15-18)23(26)13-10-20-8-11-22(12-9-20)29(27,28)24-19(2)21-6-4-3-5-7-21/h3-9,11-12,18-19,24H,10,13-17H2,1-2H3/t19-/m1/s1. The first kappa shape index (κ1) is 21.5. The zero-order valence-corrected chi connectivity index (χ0v) is 18.0. The molecule has 1 saturated heterocycles. The van der Waals surface area contributed by atoms with Gasteiger partial charge in [-0.05, 0) is 55.4 Å². The Morgan fingerprint density at radius 3 is 2.31 bits per heavy atom. The van der Waals surface area contributed by atoms with Gasteiger partial charge in [0, 0.05) is 25.6 Å². The van der Waals surface area contributed by atoms with Crippen LogP contribution in [0.5, 0.6) is 0 Å². The molecular weight excluding hydrogens is 384 g/mol. The van der Waals surface area contributed by atoms with E-state index in [1.165, 1.54) is 0 Å². The molecule has 0 aliphatic carbocycles. The maximum absolute atomic E-state index is 12.7. The fourth-order valence-corrected chi connectivity index (χ4v) is 4.85. The monoisotopic (exact) mass is 414 g/mol. The predicted molar refractivity (Wildman–Crippen MR) is 115 cm³/mol. The number of rotatable bonds is 7. The van der Waals surface area contributed by atoms with Gasteiger partial charge in [0.1, 0.15) is 0 Å². The zero-order chi connectivity index (χ0) is 20.9. The molecule has 29 heavy (non-hydrogen) atoms. The summed E-state index contributed by atoms with van der Waals surface area (Å²) in [6.45, 7) is 5.76. The van der Waals surface area contributed by atoms with Gasteiger partial charge in [-0.15, -0.1) is 0 Å². The van der Waals surface area contributed by atoms with Gasteiger partial charge in [-0.3, -0.25) is 4.79 Å². The fourth-order valence-electron chi connectivity index (χ4n) is 3.61. The van der Waals surface area contributed by atoms with Gasteiger partial charge in [0.25, 0.3) is 0 Å². The molecule has 1 amide bonds. The molecule has 0 spiro atoms. The second-order valence-corrected chi connectivity index (χ2v) is 9.67. The summed E-state index contributed by atoms with van der Waals surface area (Å²) in [5.41, 5.74) is 1.89. The summed E-state index contributed by atoms with van der Waals surface area (Å²) >= 11 is 0. The highest BCUT2D eigenvalue weighted by Gasteiger charge is 2.21. The van der Waals surface area contributed by atoms with Crippen molar-refractivity contribution >= 4 is 15.9 Å². The van der Waals surface area contributed by atoms with Crippen LogP contribution in [0.1, 0.15) is 50.3 Å². The van der Waals surface area contributed by atoms with Gasteiger partial charge < -0.3 is 4.90 Å². The summed E-state index contributed by atoms with van der Waals surface area (Å²) in [6.07, 6.45) is 3.24. The van der Waals surface area contributed by atoms with E-state index in [-0.39, 0.29) is 16.8 Å². The molecule has 1 N–H and O–H groups in total. The summed E-state index contributed by atoms with van der Waals surface area (Å²) < 4.78 is 28.0. The molecule has 3 rings (SSSR count). The first-order valence-corrected chi connectivity index (χ1v) is 11.8. The molecule has 1 heterocycles. The number of hydrogen-bond acceptors (Lipinski definition) is 3. The third kappa shape index (κ3) is 5.90. The third-order valence-electron chi connectivity index (χ3n) is 5.63. The number of likely N-dealkylation sites (tertiary alicyclic amines) is 1. The Kier molecular flexibility index (Phi) is 7.09. The van der Waals surface area contributed by atoms with Crippen LogP contribution in [0.2, 0.25) is 0 Å². The summed E-state index contributed by atoms with van der Waals surface area (Å²) in [7, 11) is -3.60. The van der Waals surface area contributed by atoms with Crippen LogP contribution >= 0.6 is 0 Å². The van der Waals surface area contributed by atoms with E-state index in [0.717, 1.165) is 37.1 Å². The van der Waals surface area contributed by atoms with E-state index in [1.54, 1.807) is 24.3 Å². The van der Waals surface area contributed by atoms with Crippen LogP contribution in [-0.4, -0.2) is 32.3 Å². The first-order chi connectivity index (χ1) is 13.8. The van der Waals surface area contributed by atoms with Crippen molar-refractivity contribution in [2.45, 2.75) is 50.5 Å². The van der Waals surface area contributed by atoms with Gasteiger partial charge in [-0.1, -0.05) is 49.4 Å². The van der Waals surface area contributed by atoms with E-state index >= 15 is 0 Å². The summed E-state index contributed by atoms with van der Waals surface area (Å²) in [6, 6.07) is 16.0. The Bertz CT molecular complexity index is 903. The Morgan fingerprint density at radius 2 is 1.69 bits per heavy atom. The summed E-state index contributed by atoms with van der Waals surface area (Å²) in [5, 5.41) is 0. The number of nitrogens with one attached hydrogen (secondary N) is 1. The molecule has 2 aromatic carbocycles. The van der Waals surface area contributed by atoms with Crippen LogP contribution in [0.4, 0.5) is 0 Å². The first-order valence-electron chi connectivity index (χ1n) is 10.3. The maximum Gasteiger partial charge on any atom is 0.241 e. The molecule has 0 aromatic heterocycles. The number of hydrogen-bond donors (Lipinski definition) is 1. The predicted octanol–water partition coefficient (Wildman–Crippen LogP) is 3.92. The lowest BCUT2D eigenvalue weighted by Crippen LogP contribution is -2.37.